The van der Waals surface area contributed by atoms with E-state index in [9.17, 15) is 4.79 Å². The zero-order chi connectivity index (χ0) is 14.8. The van der Waals surface area contributed by atoms with E-state index in [4.69, 9.17) is 14.6 Å². The first kappa shape index (κ1) is 13.9. The molecule has 110 valence electrons. The van der Waals surface area contributed by atoms with Crippen LogP contribution in [0.5, 0.6) is 11.5 Å². The van der Waals surface area contributed by atoms with E-state index in [0.717, 1.165) is 27.5 Å². The number of aromatic carboxylic acids is 1. The summed E-state index contributed by atoms with van der Waals surface area (Å²) >= 11 is 1.30. The van der Waals surface area contributed by atoms with Crippen LogP contribution < -0.4 is 14.8 Å². The van der Waals surface area contributed by atoms with Crippen molar-refractivity contribution in [2.75, 3.05) is 6.79 Å². The number of carbonyl (C=O) groups is 1. The minimum atomic E-state index is -0.874. The van der Waals surface area contributed by atoms with Crippen LogP contribution in [-0.4, -0.2) is 17.9 Å². The minimum Gasteiger partial charge on any atom is -0.477 e. The summed E-state index contributed by atoms with van der Waals surface area (Å²) in [5, 5.41) is 12.3. The number of carboxylic acids is 1. The maximum atomic E-state index is 10.9. The third-order valence-corrected chi connectivity index (χ3v) is 4.42. The van der Waals surface area contributed by atoms with E-state index in [1.807, 2.05) is 25.1 Å². The van der Waals surface area contributed by atoms with Crippen LogP contribution in [0.1, 0.15) is 25.7 Å². The lowest BCUT2D eigenvalue weighted by Gasteiger charge is -2.07. The van der Waals surface area contributed by atoms with E-state index in [1.54, 1.807) is 6.07 Å². The molecule has 5 nitrogen and oxygen atoms in total. The molecule has 1 aliphatic heterocycles. The van der Waals surface area contributed by atoms with Crippen LogP contribution in [0.2, 0.25) is 0 Å². The largest absolute Gasteiger partial charge is 0.477 e. The number of benzene rings is 1. The molecule has 0 fully saturated rings. The highest BCUT2D eigenvalue weighted by atomic mass is 32.1. The third kappa shape index (κ3) is 2.86. The van der Waals surface area contributed by atoms with E-state index in [-0.39, 0.29) is 6.79 Å². The molecule has 0 bridgehead atoms. The van der Waals surface area contributed by atoms with Crippen molar-refractivity contribution in [1.82, 2.24) is 5.32 Å². The predicted octanol–water partition coefficient (Wildman–Crippen LogP) is 2.77. The molecule has 2 aromatic rings. The van der Waals surface area contributed by atoms with Gasteiger partial charge in [-0.15, -0.1) is 11.3 Å². The zero-order valence-corrected chi connectivity index (χ0v) is 12.3. The van der Waals surface area contributed by atoms with Gasteiger partial charge in [-0.2, -0.15) is 0 Å². The summed E-state index contributed by atoms with van der Waals surface area (Å²) < 4.78 is 10.8. The molecule has 3 rings (SSSR count). The van der Waals surface area contributed by atoms with Crippen LogP contribution in [0.3, 0.4) is 0 Å². The van der Waals surface area contributed by atoms with Gasteiger partial charge in [-0.1, -0.05) is 12.1 Å². The molecule has 0 radical (unpaired) electrons. The summed E-state index contributed by atoms with van der Waals surface area (Å²) in [4.78, 5) is 12.4. The molecule has 0 atom stereocenters. The summed E-state index contributed by atoms with van der Waals surface area (Å²) in [5.74, 6) is 0.688. The molecular weight excluding hydrogens is 290 g/mol. The molecular formula is C15H15NO4S. The van der Waals surface area contributed by atoms with E-state index in [2.05, 4.69) is 5.32 Å². The van der Waals surface area contributed by atoms with Gasteiger partial charge >= 0.3 is 5.97 Å². The third-order valence-electron chi connectivity index (χ3n) is 3.34. The van der Waals surface area contributed by atoms with Crippen molar-refractivity contribution in [1.29, 1.82) is 0 Å². The van der Waals surface area contributed by atoms with Crippen LogP contribution in [0.4, 0.5) is 0 Å². The Balaban J connectivity index is 1.64. The molecule has 0 aliphatic carbocycles. The first-order chi connectivity index (χ1) is 10.1. The topological polar surface area (TPSA) is 67.8 Å². The van der Waals surface area contributed by atoms with Crippen molar-refractivity contribution in [3.63, 3.8) is 0 Å². The molecule has 6 heteroatoms. The first-order valence-corrected chi connectivity index (χ1v) is 7.37. The average Bonchev–Trinajstić information content (AvgIpc) is 3.06. The second-order valence-corrected chi connectivity index (χ2v) is 6.01. The Morgan fingerprint density at radius 3 is 2.90 bits per heavy atom. The predicted molar refractivity (Wildman–Crippen MR) is 79.1 cm³/mol. The summed E-state index contributed by atoms with van der Waals surface area (Å²) in [6, 6.07) is 7.53. The highest BCUT2D eigenvalue weighted by Gasteiger charge is 2.17. The van der Waals surface area contributed by atoms with Crippen LogP contribution in [-0.2, 0) is 13.1 Å². The number of hydrogen-bond acceptors (Lipinski definition) is 5. The van der Waals surface area contributed by atoms with Crippen molar-refractivity contribution in [3.8, 4) is 11.5 Å². The van der Waals surface area contributed by atoms with Gasteiger partial charge in [0.1, 0.15) is 4.88 Å². The number of nitrogens with one attached hydrogen (secondary N) is 1. The van der Waals surface area contributed by atoms with Crippen molar-refractivity contribution in [2.45, 2.75) is 20.0 Å². The molecule has 2 heterocycles. The van der Waals surface area contributed by atoms with Gasteiger partial charge in [-0.05, 0) is 24.6 Å². The van der Waals surface area contributed by atoms with E-state index in [1.165, 1.54) is 11.3 Å². The zero-order valence-electron chi connectivity index (χ0n) is 11.5. The lowest BCUT2D eigenvalue weighted by atomic mass is 10.1. The number of para-hydroxylation sites is 1. The minimum absolute atomic E-state index is 0.262. The smallest absolute Gasteiger partial charge is 0.345 e. The van der Waals surface area contributed by atoms with Gasteiger partial charge in [0.2, 0.25) is 6.79 Å². The molecule has 0 amide bonds. The molecule has 0 saturated carbocycles. The van der Waals surface area contributed by atoms with Crippen molar-refractivity contribution < 1.29 is 19.4 Å². The second-order valence-electron chi connectivity index (χ2n) is 4.75. The fraction of sp³-hybridized carbons (Fsp3) is 0.267. The SMILES string of the molecule is Cc1sc(C(=O)O)cc1CNCc1cccc2c1OCO2. The standard InChI is InChI=1S/C15H15NO4S/c1-9-11(5-13(21-9)15(17)18)7-16-6-10-3-2-4-12-14(10)20-8-19-12/h2-5,16H,6-8H2,1H3,(H,17,18). The van der Waals surface area contributed by atoms with Crippen LogP contribution in [0.15, 0.2) is 24.3 Å². The van der Waals surface area contributed by atoms with Gasteiger partial charge in [0.25, 0.3) is 0 Å². The molecule has 1 aromatic heterocycles. The Morgan fingerprint density at radius 1 is 1.33 bits per heavy atom. The van der Waals surface area contributed by atoms with Crippen molar-refractivity contribution in [3.05, 3.63) is 45.1 Å². The summed E-state index contributed by atoms with van der Waals surface area (Å²) in [7, 11) is 0. The summed E-state index contributed by atoms with van der Waals surface area (Å²) in [6.07, 6.45) is 0. The van der Waals surface area contributed by atoms with Crippen molar-refractivity contribution >= 4 is 17.3 Å². The Kier molecular flexibility index (Phi) is 3.81. The highest BCUT2D eigenvalue weighted by molar-refractivity contribution is 7.14. The Bertz CT molecular complexity index is 680. The number of hydrogen-bond donors (Lipinski definition) is 2. The first-order valence-electron chi connectivity index (χ1n) is 6.56. The number of fused-ring (bicyclic) bond motifs is 1. The summed E-state index contributed by atoms with van der Waals surface area (Å²) in [6.45, 7) is 3.47. The fourth-order valence-electron chi connectivity index (χ4n) is 2.26. The van der Waals surface area contributed by atoms with E-state index in [0.29, 0.717) is 18.0 Å². The molecule has 2 N–H and O–H groups in total. The molecule has 1 aromatic carbocycles. The quantitative estimate of drug-likeness (QED) is 0.889. The molecule has 1 aliphatic rings. The lowest BCUT2D eigenvalue weighted by Crippen LogP contribution is -2.13. The summed E-state index contributed by atoms with van der Waals surface area (Å²) in [5.41, 5.74) is 2.05. The van der Waals surface area contributed by atoms with Crippen LogP contribution in [0.25, 0.3) is 0 Å². The van der Waals surface area contributed by atoms with E-state index >= 15 is 0 Å². The lowest BCUT2D eigenvalue weighted by molar-refractivity contribution is 0.0702. The van der Waals surface area contributed by atoms with Gasteiger partial charge in [-0.25, -0.2) is 4.79 Å². The Labute approximate surface area is 126 Å². The number of rotatable bonds is 5. The number of aryl methyl sites for hydroxylation is 1. The maximum Gasteiger partial charge on any atom is 0.345 e. The number of ether oxygens (including phenoxy) is 2. The highest BCUT2D eigenvalue weighted by Crippen LogP contribution is 2.35. The number of thiophene rings is 1. The van der Waals surface area contributed by atoms with Gasteiger partial charge in [0.05, 0.1) is 0 Å². The molecule has 0 spiro atoms. The fourth-order valence-corrected chi connectivity index (χ4v) is 3.14. The molecule has 21 heavy (non-hydrogen) atoms. The monoisotopic (exact) mass is 305 g/mol. The molecule has 0 unspecified atom stereocenters. The number of carboxylic acid groups (broad SMARTS) is 1. The Hall–Kier alpha value is -2.05. The Morgan fingerprint density at radius 2 is 2.14 bits per heavy atom. The van der Waals surface area contributed by atoms with Gasteiger partial charge in [0.15, 0.2) is 11.5 Å². The maximum absolute atomic E-state index is 10.9. The second kappa shape index (κ2) is 5.75. The van der Waals surface area contributed by atoms with Gasteiger partial charge in [0, 0.05) is 23.5 Å². The van der Waals surface area contributed by atoms with Crippen LogP contribution in [0, 0.1) is 6.92 Å². The van der Waals surface area contributed by atoms with Crippen LogP contribution >= 0.6 is 11.3 Å². The average molecular weight is 305 g/mol. The van der Waals surface area contributed by atoms with Gasteiger partial charge < -0.3 is 19.9 Å². The normalized spacial score (nSPS) is 12.6. The van der Waals surface area contributed by atoms with E-state index < -0.39 is 5.97 Å². The molecule has 0 saturated heterocycles. The van der Waals surface area contributed by atoms with Crippen molar-refractivity contribution in [2.24, 2.45) is 0 Å². The van der Waals surface area contributed by atoms with Gasteiger partial charge in [-0.3, -0.25) is 0 Å².